The third kappa shape index (κ3) is 1.74. The maximum absolute atomic E-state index is 4.58. The Labute approximate surface area is 90.1 Å². The van der Waals surface area contributed by atoms with Crippen LogP contribution < -0.4 is 0 Å². The number of hydrogen-bond acceptors (Lipinski definition) is 2. The summed E-state index contributed by atoms with van der Waals surface area (Å²) in [5.41, 5.74) is 4.28. The molecule has 0 aliphatic heterocycles. The summed E-state index contributed by atoms with van der Waals surface area (Å²) in [5.74, 6) is 0. The zero-order valence-corrected chi connectivity index (χ0v) is 10.00. The van der Waals surface area contributed by atoms with E-state index in [1.54, 1.807) is 0 Å². The van der Waals surface area contributed by atoms with Crippen LogP contribution in [0.2, 0.25) is 0 Å². The molecule has 0 saturated heterocycles. The molecule has 0 radical (unpaired) electrons. The minimum absolute atomic E-state index is 0.0774. The SMILES string of the molecule is Cc1cc(C)n2nc(C(C)(C)C)cc2n1. The third-order valence-electron chi connectivity index (χ3n) is 2.50. The predicted octanol–water partition coefficient (Wildman–Crippen LogP) is 2.64. The van der Waals surface area contributed by atoms with E-state index in [4.69, 9.17) is 0 Å². The third-order valence-corrected chi connectivity index (χ3v) is 2.50. The number of hydrogen-bond donors (Lipinski definition) is 0. The highest BCUT2D eigenvalue weighted by Gasteiger charge is 2.18. The molecule has 15 heavy (non-hydrogen) atoms. The van der Waals surface area contributed by atoms with E-state index in [1.165, 1.54) is 0 Å². The highest BCUT2D eigenvalue weighted by atomic mass is 15.3. The number of aromatic nitrogens is 3. The lowest BCUT2D eigenvalue weighted by molar-refractivity contribution is 0.561. The fourth-order valence-electron chi connectivity index (χ4n) is 1.65. The van der Waals surface area contributed by atoms with E-state index in [1.807, 2.05) is 17.5 Å². The first-order valence-electron chi connectivity index (χ1n) is 5.22. The van der Waals surface area contributed by atoms with Gasteiger partial charge < -0.3 is 0 Å². The van der Waals surface area contributed by atoms with Gasteiger partial charge in [-0.2, -0.15) is 5.10 Å². The molecule has 3 nitrogen and oxygen atoms in total. The van der Waals surface area contributed by atoms with Gasteiger partial charge in [-0.25, -0.2) is 9.50 Å². The number of fused-ring (bicyclic) bond motifs is 1. The molecule has 2 aromatic rings. The Hall–Kier alpha value is -1.38. The molecule has 80 valence electrons. The second kappa shape index (κ2) is 3.05. The molecule has 0 bridgehead atoms. The molecular formula is C12H17N3. The minimum atomic E-state index is 0.0774. The number of rotatable bonds is 0. The van der Waals surface area contributed by atoms with E-state index in [9.17, 15) is 0 Å². The molecule has 3 heteroatoms. The first-order valence-corrected chi connectivity index (χ1v) is 5.22. The van der Waals surface area contributed by atoms with Crippen LogP contribution in [-0.2, 0) is 5.41 Å². The van der Waals surface area contributed by atoms with E-state index >= 15 is 0 Å². The molecular weight excluding hydrogens is 186 g/mol. The smallest absolute Gasteiger partial charge is 0.155 e. The standard InChI is InChI=1S/C12H17N3/c1-8-6-9(2)15-11(13-8)7-10(14-15)12(3,4)5/h6-7H,1-5H3. The van der Waals surface area contributed by atoms with Gasteiger partial charge in [-0.3, -0.25) is 0 Å². The van der Waals surface area contributed by atoms with Gasteiger partial charge in [0.15, 0.2) is 5.65 Å². The van der Waals surface area contributed by atoms with Crippen LogP contribution in [0.4, 0.5) is 0 Å². The second-order valence-electron chi connectivity index (χ2n) is 5.09. The summed E-state index contributed by atoms with van der Waals surface area (Å²) in [7, 11) is 0. The summed E-state index contributed by atoms with van der Waals surface area (Å²) < 4.78 is 1.91. The highest BCUT2D eigenvalue weighted by Crippen LogP contribution is 2.22. The second-order valence-corrected chi connectivity index (χ2v) is 5.09. The molecule has 0 aliphatic rings. The van der Waals surface area contributed by atoms with Crippen molar-refractivity contribution < 1.29 is 0 Å². The quantitative estimate of drug-likeness (QED) is 0.659. The molecule has 2 rings (SSSR count). The lowest BCUT2D eigenvalue weighted by Gasteiger charge is -2.13. The fourth-order valence-corrected chi connectivity index (χ4v) is 1.65. The molecule has 0 spiro atoms. The van der Waals surface area contributed by atoms with Crippen molar-refractivity contribution in [1.82, 2.24) is 14.6 Å². The molecule has 0 saturated carbocycles. The van der Waals surface area contributed by atoms with Crippen LogP contribution in [0, 0.1) is 13.8 Å². The Morgan fingerprint density at radius 3 is 2.40 bits per heavy atom. The minimum Gasteiger partial charge on any atom is -0.234 e. The summed E-state index contributed by atoms with van der Waals surface area (Å²) in [5, 5.41) is 4.58. The van der Waals surface area contributed by atoms with Crippen molar-refractivity contribution in [3.63, 3.8) is 0 Å². The van der Waals surface area contributed by atoms with Gasteiger partial charge in [0.1, 0.15) is 0 Å². The zero-order chi connectivity index (χ0) is 11.2. The van der Waals surface area contributed by atoms with Gasteiger partial charge in [-0.15, -0.1) is 0 Å². The van der Waals surface area contributed by atoms with Crippen LogP contribution in [0.3, 0.4) is 0 Å². The van der Waals surface area contributed by atoms with Crippen LogP contribution in [0.15, 0.2) is 12.1 Å². The van der Waals surface area contributed by atoms with Crippen LogP contribution >= 0.6 is 0 Å². The molecule has 0 amide bonds. The van der Waals surface area contributed by atoms with Crippen LogP contribution in [-0.4, -0.2) is 14.6 Å². The van der Waals surface area contributed by atoms with Crippen molar-refractivity contribution in [2.75, 3.05) is 0 Å². The normalized spacial score (nSPS) is 12.3. The average molecular weight is 203 g/mol. The van der Waals surface area contributed by atoms with Gasteiger partial charge in [-0.1, -0.05) is 20.8 Å². The first-order chi connectivity index (χ1) is 6.88. The van der Waals surface area contributed by atoms with E-state index in [2.05, 4.69) is 43.8 Å². The molecule has 2 aromatic heterocycles. The Kier molecular flexibility index (Phi) is 2.07. The van der Waals surface area contributed by atoms with Gasteiger partial charge in [0.05, 0.1) is 5.69 Å². The molecule has 0 fully saturated rings. The fraction of sp³-hybridized carbons (Fsp3) is 0.500. The maximum atomic E-state index is 4.58. The summed E-state index contributed by atoms with van der Waals surface area (Å²) in [4.78, 5) is 4.47. The molecule has 2 heterocycles. The molecule has 0 unspecified atom stereocenters. The maximum Gasteiger partial charge on any atom is 0.155 e. The molecule has 0 N–H and O–H groups in total. The van der Waals surface area contributed by atoms with Crippen LogP contribution in [0.5, 0.6) is 0 Å². The van der Waals surface area contributed by atoms with Crippen molar-refractivity contribution in [3.05, 3.63) is 29.2 Å². The van der Waals surface area contributed by atoms with Crippen molar-refractivity contribution in [2.45, 2.75) is 40.0 Å². The highest BCUT2D eigenvalue weighted by molar-refractivity contribution is 5.43. The Morgan fingerprint density at radius 2 is 1.80 bits per heavy atom. The number of nitrogens with zero attached hydrogens (tertiary/aromatic N) is 3. The lowest BCUT2D eigenvalue weighted by atomic mass is 9.93. The van der Waals surface area contributed by atoms with Gasteiger partial charge >= 0.3 is 0 Å². The zero-order valence-electron chi connectivity index (χ0n) is 10.00. The van der Waals surface area contributed by atoms with Gasteiger partial charge in [0.2, 0.25) is 0 Å². The monoisotopic (exact) mass is 203 g/mol. The largest absolute Gasteiger partial charge is 0.234 e. The van der Waals surface area contributed by atoms with Gasteiger partial charge in [-0.05, 0) is 19.9 Å². The van der Waals surface area contributed by atoms with E-state index in [0.29, 0.717) is 0 Å². The predicted molar refractivity (Wildman–Crippen MR) is 61.2 cm³/mol. The van der Waals surface area contributed by atoms with E-state index < -0.39 is 0 Å². The van der Waals surface area contributed by atoms with Gasteiger partial charge in [0.25, 0.3) is 0 Å². The van der Waals surface area contributed by atoms with E-state index in [0.717, 1.165) is 22.7 Å². The Balaban J connectivity index is 2.71. The lowest BCUT2D eigenvalue weighted by Crippen LogP contribution is -2.12. The van der Waals surface area contributed by atoms with Crippen molar-refractivity contribution in [2.24, 2.45) is 0 Å². The topological polar surface area (TPSA) is 30.2 Å². The Bertz CT molecular complexity index is 503. The molecule has 0 aromatic carbocycles. The van der Waals surface area contributed by atoms with Crippen molar-refractivity contribution >= 4 is 5.65 Å². The van der Waals surface area contributed by atoms with Crippen LogP contribution in [0.1, 0.15) is 37.9 Å². The summed E-state index contributed by atoms with van der Waals surface area (Å²) in [6.45, 7) is 10.6. The Morgan fingerprint density at radius 1 is 1.13 bits per heavy atom. The van der Waals surface area contributed by atoms with Crippen LogP contribution in [0.25, 0.3) is 5.65 Å². The molecule has 0 atom stereocenters. The first kappa shape index (κ1) is 10.1. The summed E-state index contributed by atoms with van der Waals surface area (Å²) >= 11 is 0. The molecule has 0 aliphatic carbocycles. The summed E-state index contributed by atoms with van der Waals surface area (Å²) in [6, 6.07) is 4.12. The van der Waals surface area contributed by atoms with E-state index in [-0.39, 0.29) is 5.41 Å². The van der Waals surface area contributed by atoms with Gasteiger partial charge in [0, 0.05) is 22.9 Å². The average Bonchev–Trinajstić information content (AvgIpc) is 2.46. The van der Waals surface area contributed by atoms with Crippen molar-refractivity contribution in [1.29, 1.82) is 0 Å². The number of aryl methyl sites for hydroxylation is 2. The van der Waals surface area contributed by atoms with Crippen molar-refractivity contribution in [3.8, 4) is 0 Å². The summed E-state index contributed by atoms with van der Waals surface area (Å²) in [6.07, 6.45) is 0.